The van der Waals surface area contributed by atoms with E-state index in [0.717, 1.165) is 23.0 Å². The number of pyridine rings is 1. The zero-order valence-corrected chi connectivity index (χ0v) is 11.0. The molecule has 0 saturated heterocycles. The first-order valence-electron chi connectivity index (χ1n) is 5.29. The van der Waals surface area contributed by atoms with Crippen LogP contribution in [0.5, 0.6) is 0 Å². The highest BCUT2D eigenvalue weighted by Gasteiger charge is 2.50. The van der Waals surface area contributed by atoms with E-state index in [2.05, 4.69) is 27.8 Å². The Balaban J connectivity index is 2.37. The van der Waals surface area contributed by atoms with Crippen molar-refractivity contribution >= 4 is 21.9 Å². The monoisotopic (exact) mass is 283 g/mol. The van der Waals surface area contributed by atoms with E-state index in [9.17, 15) is 4.79 Å². The van der Waals surface area contributed by atoms with Gasteiger partial charge in [0, 0.05) is 6.20 Å². The molecular formula is C12H14BrNO2. The standard InChI is InChI=1S/C12H14BrNO2/c1-8-6-12(7-8,11(15)16-2)9-3-4-14-10(13)5-9/h3-5,8H,6-7H2,1-2H3. The summed E-state index contributed by atoms with van der Waals surface area (Å²) < 4.78 is 5.68. The summed E-state index contributed by atoms with van der Waals surface area (Å²) in [5.74, 6) is 0.440. The molecule has 0 bridgehead atoms. The maximum atomic E-state index is 11.9. The lowest BCUT2D eigenvalue weighted by Crippen LogP contribution is -2.47. The Bertz CT molecular complexity index is 413. The molecule has 1 aromatic rings. The van der Waals surface area contributed by atoms with Gasteiger partial charge in [-0.1, -0.05) is 6.92 Å². The minimum Gasteiger partial charge on any atom is -0.468 e. The normalized spacial score (nSPS) is 28.3. The van der Waals surface area contributed by atoms with Crippen LogP contribution in [0.25, 0.3) is 0 Å². The summed E-state index contributed by atoms with van der Waals surface area (Å²) in [5, 5.41) is 0. The van der Waals surface area contributed by atoms with Crippen molar-refractivity contribution in [3.63, 3.8) is 0 Å². The molecule has 16 heavy (non-hydrogen) atoms. The number of aromatic nitrogens is 1. The van der Waals surface area contributed by atoms with Crippen molar-refractivity contribution in [3.05, 3.63) is 28.5 Å². The van der Waals surface area contributed by atoms with E-state index in [-0.39, 0.29) is 5.97 Å². The molecule has 1 aliphatic rings. The highest BCUT2D eigenvalue weighted by molar-refractivity contribution is 9.10. The first kappa shape index (κ1) is 11.6. The quantitative estimate of drug-likeness (QED) is 0.619. The molecule has 0 amide bonds. The summed E-state index contributed by atoms with van der Waals surface area (Å²) in [7, 11) is 1.45. The molecule has 1 heterocycles. The maximum Gasteiger partial charge on any atom is 0.316 e. The van der Waals surface area contributed by atoms with Gasteiger partial charge in [-0.05, 0) is 52.4 Å². The van der Waals surface area contributed by atoms with E-state index in [1.807, 2.05) is 12.1 Å². The lowest BCUT2D eigenvalue weighted by molar-refractivity contribution is -0.153. The van der Waals surface area contributed by atoms with Gasteiger partial charge in [-0.2, -0.15) is 0 Å². The zero-order valence-electron chi connectivity index (χ0n) is 9.37. The number of hydrogen-bond acceptors (Lipinski definition) is 3. The van der Waals surface area contributed by atoms with Gasteiger partial charge in [-0.25, -0.2) is 4.98 Å². The van der Waals surface area contributed by atoms with Crippen molar-refractivity contribution < 1.29 is 9.53 Å². The van der Waals surface area contributed by atoms with Gasteiger partial charge in [0.15, 0.2) is 0 Å². The molecule has 1 aliphatic carbocycles. The number of methoxy groups -OCH3 is 1. The van der Waals surface area contributed by atoms with Crippen molar-refractivity contribution in [2.24, 2.45) is 5.92 Å². The van der Waals surface area contributed by atoms with E-state index in [4.69, 9.17) is 4.74 Å². The Morgan fingerprint density at radius 2 is 2.31 bits per heavy atom. The highest BCUT2D eigenvalue weighted by atomic mass is 79.9. The van der Waals surface area contributed by atoms with Crippen LogP contribution in [0.4, 0.5) is 0 Å². The molecule has 3 nitrogen and oxygen atoms in total. The molecule has 1 fully saturated rings. The van der Waals surface area contributed by atoms with Crippen LogP contribution in [0.15, 0.2) is 22.9 Å². The Kier molecular flexibility index (Phi) is 3.02. The lowest BCUT2D eigenvalue weighted by Gasteiger charge is -2.44. The second kappa shape index (κ2) is 4.17. The van der Waals surface area contributed by atoms with Crippen LogP contribution in [0, 0.1) is 5.92 Å². The predicted molar refractivity (Wildman–Crippen MR) is 64.0 cm³/mol. The van der Waals surface area contributed by atoms with E-state index >= 15 is 0 Å². The van der Waals surface area contributed by atoms with Gasteiger partial charge in [0.25, 0.3) is 0 Å². The van der Waals surface area contributed by atoms with Crippen LogP contribution in [0.2, 0.25) is 0 Å². The smallest absolute Gasteiger partial charge is 0.316 e. The molecule has 1 aromatic heterocycles. The number of hydrogen-bond donors (Lipinski definition) is 0. The van der Waals surface area contributed by atoms with Gasteiger partial charge < -0.3 is 4.74 Å². The fraction of sp³-hybridized carbons (Fsp3) is 0.500. The van der Waals surface area contributed by atoms with E-state index in [0.29, 0.717) is 5.92 Å². The molecule has 4 heteroatoms. The van der Waals surface area contributed by atoms with Crippen LogP contribution in [-0.4, -0.2) is 18.1 Å². The van der Waals surface area contributed by atoms with Crippen molar-refractivity contribution in [1.29, 1.82) is 0 Å². The lowest BCUT2D eigenvalue weighted by atomic mass is 9.59. The number of ether oxygens (including phenoxy) is 1. The van der Waals surface area contributed by atoms with Crippen LogP contribution in [0.1, 0.15) is 25.3 Å². The van der Waals surface area contributed by atoms with Gasteiger partial charge in [0.05, 0.1) is 12.5 Å². The van der Waals surface area contributed by atoms with Crippen molar-refractivity contribution in [3.8, 4) is 0 Å². The Morgan fingerprint density at radius 3 is 2.81 bits per heavy atom. The molecule has 0 spiro atoms. The van der Waals surface area contributed by atoms with Gasteiger partial charge in [0.1, 0.15) is 4.60 Å². The average molecular weight is 284 g/mol. The average Bonchev–Trinajstić information content (AvgIpc) is 2.23. The Labute approximate surface area is 103 Å². The molecule has 2 rings (SSSR count). The van der Waals surface area contributed by atoms with Gasteiger partial charge in [-0.15, -0.1) is 0 Å². The first-order valence-corrected chi connectivity index (χ1v) is 6.08. The van der Waals surface area contributed by atoms with E-state index in [1.165, 1.54) is 7.11 Å². The topological polar surface area (TPSA) is 39.2 Å². The summed E-state index contributed by atoms with van der Waals surface area (Å²) in [4.78, 5) is 16.0. The summed E-state index contributed by atoms with van der Waals surface area (Å²) in [6, 6.07) is 3.80. The first-order chi connectivity index (χ1) is 7.58. The number of carbonyl (C=O) groups excluding carboxylic acids is 1. The summed E-state index contributed by atoms with van der Waals surface area (Å²) in [6.07, 6.45) is 3.43. The number of esters is 1. The molecule has 0 N–H and O–H groups in total. The Hall–Kier alpha value is -0.900. The number of carbonyl (C=O) groups is 1. The maximum absolute atomic E-state index is 11.9. The SMILES string of the molecule is COC(=O)C1(c2ccnc(Br)c2)CC(C)C1. The van der Waals surface area contributed by atoms with Crippen LogP contribution in [-0.2, 0) is 14.9 Å². The Morgan fingerprint density at radius 1 is 1.62 bits per heavy atom. The molecule has 0 aromatic carbocycles. The van der Waals surface area contributed by atoms with Crippen LogP contribution >= 0.6 is 15.9 Å². The van der Waals surface area contributed by atoms with Crippen LogP contribution < -0.4 is 0 Å². The second-order valence-corrected chi connectivity index (χ2v) is 5.27. The predicted octanol–water partition coefficient (Wildman–Crippen LogP) is 2.68. The molecule has 0 radical (unpaired) electrons. The van der Waals surface area contributed by atoms with Crippen molar-refractivity contribution in [2.45, 2.75) is 25.2 Å². The number of nitrogens with zero attached hydrogens (tertiary/aromatic N) is 1. The zero-order chi connectivity index (χ0) is 11.8. The molecule has 0 unspecified atom stereocenters. The minimum atomic E-state index is -0.445. The van der Waals surface area contributed by atoms with Gasteiger partial charge in [0.2, 0.25) is 0 Å². The van der Waals surface area contributed by atoms with Crippen molar-refractivity contribution in [1.82, 2.24) is 4.98 Å². The minimum absolute atomic E-state index is 0.135. The van der Waals surface area contributed by atoms with Crippen molar-refractivity contribution in [2.75, 3.05) is 7.11 Å². The fourth-order valence-corrected chi connectivity index (χ4v) is 2.91. The van der Waals surface area contributed by atoms with Gasteiger partial charge in [-0.3, -0.25) is 4.79 Å². The molecular weight excluding hydrogens is 270 g/mol. The van der Waals surface area contributed by atoms with Crippen LogP contribution in [0.3, 0.4) is 0 Å². The third-order valence-corrected chi connectivity index (χ3v) is 3.68. The highest BCUT2D eigenvalue weighted by Crippen LogP contribution is 2.48. The molecule has 86 valence electrons. The number of rotatable bonds is 2. The van der Waals surface area contributed by atoms with Gasteiger partial charge >= 0.3 is 5.97 Å². The third-order valence-electron chi connectivity index (χ3n) is 3.25. The fourth-order valence-electron chi connectivity index (χ4n) is 2.55. The van der Waals surface area contributed by atoms with E-state index in [1.54, 1.807) is 6.20 Å². The largest absolute Gasteiger partial charge is 0.468 e. The van der Waals surface area contributed by atoms with E-state index < -0.39 is 5.41 Å². The molecule has 1 saturated carbocycles. The summed E-state index contributed by atoms with van der Waals surface area (Å²) in [5.41, 5.74) is 0.555. The molecule has 0 atom stereocenters. The summed E-state index contributed by atoms with van der Waals surface area (Å²) in [6.45, 7) is 2.15. The molecule has 0 aliphatic heterocycles. The third kappa shape index (κ3) is 1.75. The second-order valence-electron chi connectivity index (χ2n) is 4.45. The number of halogens is 1. The summed E-state index contributed by atoms with van der Waals surface area (Å²) >= 11 is 3.33.